The Bertz CT molecular complexity index is 1480. The largest absolute Gasteiger partial charge is 0.472 e. The molecule has 0 aliphatic heterocycles. The van der Waals surface area contributed by atoms with Crippen LogP contribution in [-0.2, 0) is 27.9 Å². The summed E-state index contributed by atoms with van der Waals surface area (Å²) in [5, 5.41) is 3.02. The third kappa shape index (κ3) is 50.1. The van der Waals surface area contributed by atoms with Crippen LogP contribution in [0.3, 0.4) is 0 Å². The van der Waals surface area contributed by atoms with Crippen molar-refractivity contribution >= 4 is 19.7 Å². The molecule has 0 fully saturated rings. The second kappa shape index (κ2) is 49.8. The van der Waals surface area contributed by atoms with E-state index in [0.29, 0.717) is 30.3 Å². The summed E-state index contributed by atoms with van der Waals surface area (Å²) in [5.41, 5.74) is 0. The van der Waals surface area contributed by atoms with Crippen molar-refractivity contribution in [2.75, 3.05) is 40.9 Å². The van der Waals surface area contributed by atoms with E-state index < -0.39 is 20.0 Å². The Hall–Kier alpha value is -2.81. The summed E-state index contributed by atoms with van der Waals surface area (Å²) in [6.45, 7) is 6.83. The number of ether oxygens (including phenoxy) is 1. The summed E-state index contributed by atoms with van der Waals surface area (Å²) in [6.07, 6.45) is 64.4. The fraction of sp³-hybridized carbons (Fsp3) is 0.733. The number of unbranched alkanes of at least 4 members (excludes halogenated alkanes) is 22. The van der Waals surface area contributed by atoms with Gasteiger partial charge in [0, 0.05) is 12.8 Å². The van der Waals surface area contributed by atoms with Gasteiger partial charge in [-0.15, -0.1) is 0 Å². The maximum atomic E-state index is 13.5. The number of carbonyl (C=O) groups excluding carboxylic acids is 2. The minimum atomic E-state index is -4.46. The molecule has 1 amide bonds. The molecule has 404 valence electrons. The number of esters is 1. The van der Waals surface area contributed by atoms with Crippen LogP contribution in [0.15, 0.2) is 85.1 Å². The number of amides is 1. The zero-order valence-electron chi connectivity index (χ0n) is 46.0. The molecule has 0 aromatic rings. The Morgan fingerprint density at radius 3 is 1.41 bits per heavy atom. The molecule has 3 unspecified atom stereocenters. The second-order valence-electron chi connectivity index (χ2n) is 20.1. The average molecular weight is 1000 g/mol. The third-order valence-electron chi connectivity index (χ3n) is 12.1. The molecule has 0 spiro atoms. The highest BCUT2D eigenvalue weighted by atomic mass is 31.2. The van der Waals surface area contributed by atoms with Crippen molar-refractivity contribution in [3.05, 3.63) is 85.1 Å². The standard InChI is InChI=1S/C60H107N2O7P/c1-7-10-13-16-19-22-25-28-30-31-32-35-38-41-44-47-50-53-60(64)69-58(51-48-45-42-39-36-33-27-24-21-18-15-12-9-3)57(56-68-70(65,66)67-55-54-62(4,5)6)61-59(63)52-49-46-43-40-37-34-29-26-23-20-17-14-11-8-2/h10,13,19,22,28,30,32,34-35,37,41,44,48,51,57-58H,7-9,11-12,14-18,20-21,23-27,29,31,33,36,38-40,42-43,45-47,49-50,52-56H2,1-6H3,(H-,61,63,65,66)/p+1/b13-10-,22-19-,30-28-,35-32-,37-34-,44-41-,51-48+. The fourth-order valence-corrected chi connectivity index (χ4v) is 8.41. The van der Waals surface area contributed by atoms with E-state index in [1.807, 2.05) is 33.3 Å². The summed E-state index contributed by atoms with van der Waals surface area (Å²) in [7, 11) is 1.45. The van der Waals surface area contributed by atoms with Gasteiger partial charge < -0.3 is 19.4 Å². The molecule has 0 saturated heterocycles. The molecule has 0 aliphatic rings. The Labute approximate surface area is 431 Å². The van der Waals surface area contributed by atoms with Gasteiger partial charge in [-0.2, -0.15) is 0 Å². The van der Waals surface area contributed by atoms with Crippen LogP contribution >= 0.6 is 7.82 Å². The van der Waals surface area contributed by atoms with Gasteiger partial charge in [-0.05, 0) is 96.0 Å². The number of quaternary nitrogens is 1. The molecule has 0 heterocycles. The Morgan fingerprint density at radius 2 is 0.929 bits per heavy atom. The van der Waals surface area contributed by atoms with Crippen LogP contribution in [0.4, 0.5) is 0 Å². The van der Waals surface area contributed by atoms with Crippen molar-refractivity contribution in [3.63, 3.8) is 0 Å². The van der Waals surface area contributed by atoms with Crippen LogP contribution in [0.1, 0.15) is 233 Å². The van der Waals surface area contributed by atoms with Gasteiger partial charge in [-0.1, -0.05) is 209 Å². The van der Waals surface area contributed by atoms with Crippen molar-refractivity contribution in [3.8, 4) is 0 Å². The van der Waals surface area contributed by atoms with Crippen LogP contribution in [-0.4, -0.2) is 74.3 Å². The van der Waals surface area contributed by atoms with Crippen LogP contribution in [0, 0.1) is 0 Å². The number of hydrogen-bond donors (Lipinski definition) is 2. The molecule has 0 aliphatic carbocycles. The zero-order valence-corrected chi connectivity index (χ0v) is 46.9. The highest BCUT2D eigenvalue weighted by Crippen LogP contribution is 2.43. The van der Waals surface area contributed by atoms with Gasteiger partial charge in [0.2, 0.25) is 5.91 Å². The number of phosphoric ester groups is 1. The van der Waals surface area contributed by atoms with Gasteiger partial charge in [-0.3, -0.25) is 18.6 Å². The summed E-state index contributed by atoms with van der Waals surface area (Å²) < 4.78 is 30.5. The molecule has 3 atom stereocenters. The summed E-state index contributed by atoms with van der Waals surface area (Å²) >= 11 is 0. The maximum absolute atomic E-state index is 13.5. The monoisotopic (exact) mass is 1000 g/mol. The number of rotatable bonds is 50. The van der Waals surface area contributed by atoms with Crippen molar-refractivity contribution in [2.24, 2.45) is 0 Å². The molecule has 0 rings (SSSR count). The number of hydrogen-bond acceptors (Lipinski definition) is 6. The molecule has 0 radical (unpaired) electrons. The van der Waals surface area contributed by atoms with Gasteiger partial charge in [0.15, 0.2) is 0 Å². The van der Waals surface area contributed by atoms with E-state index in [1.165, 1.54) is 103 Å². The first-order valence-electron chi connectivity index (χ1n) is 28.4. The van der Waals surface area contributed by atoms with Crippen molar-refractivity contribution in [1.29, 1.82) is 0 Å². The third-order valence-corrected chi connectivity index (χ3v) is 13.1. The minimum absolute atomic E-state index is 0.0256. The molecule has 70 heavy (non-hydrogen) atoms. The first-order chi connectivity index (χ1) is 33.9. The molecule has 9 nitrogen and oxygen atoms in total. The lowest BCUT2D eigenvalue weighted by Gasteiger charge is -2.27. The highest BCUT2D eigenvalue weighted by Gasteiger charge is 2.30. The number of likely N-dealkylation sites (N-methyl/N-ethyl adjacent to an activating group) is 1. The van der Waals surface area contributed by atoms with E-state index in [0.717, 1.165) is 83.5 Å². The summed E-state index contributed by atoms with van der Waals surface area (Å²) in [4.78, 5) is 37.5. The topological polar surface area (TPSA) is 111 Å². The van der Waals surface area contributed by atoms with E-state index in [-0.39, 0.29) is 31.5 Å². The summed E-state index contributed by atoms with van der Waals surface area (Å²) in [6, 6.07) is -0.881. The predicted octanol–water partition coefficient (Wildman–Crippen LogP) is 17.0. The molecule has 0 saturated carbocycles. The van der Waals surface area contributed by atoms with Gasteiger partial charge in [0.25, 0.3) is 0 Å². The molecule has 0 aromatic heterocycles. The normalized spacial score (nSPS) is 14.4. The number of allylic oxidation sites excluding steroid dienone is 13. The van der Waals surface area contributed by atoms with Gasteiger partial charge in [0.05, 0.1) is 33.8 Å². The first-order valence-corrected chi connectivity index (χ1v) is 29.9. The fourth-order valence-electron chi connectivity index (χ4n) is 7.67. The molecule has 0 aromatic carbocycles. The smallest absolute Gasteiger partial charge is 0.456 e. The van der Waals surface area contributed by atoms with Crippen LogP contribution < -0.4 is 5.32 Å². The molecular weight excluding hydrogens is 892 g/mol. The molecule has 2 N–H and O–H groups in total. The maximum Gasteiger partial charge on any atom is 0.472 e. The van der Waals surface area contributed by atoms with E-state index in [1.54, 1.807) is 0 Å². The van der Waals surface area contributed by atoms with E-state index in [2.05, 4.69) is 99.0 Å². The SMILES string of the molecule is CC/C=C\C/C=C\C/C=C\C/C=C\C/C=C\CCCC(=O)OC(/C=C/CCCCCCCCCCCCC)C(COP(=O)(O)OCC[N+](C)(C)C)NC(=O)CCCCC/C=C\CCCCCCCCC. The van der Waals surface area contributed by atoms with Crippen molar-refractivity contribution in [1.82, 2.24) is 5.32 Å². The zero-order chi connectivity index (χ0) is 51.5. The minimum Gasteiger partial charge on any atom is -0.456 e. The number of nitrogens with zero attached hydrogens (tertiary/aromatic N) is 1. The Kier molecular flexibility index (Phi) is 47.8. The van der Waals surface area contributed by atoms with Crippen LogP contribution in [0.5, 0.6) is 0 Å². The Balaban J connectivity index is 5.51. The number of phosphoric acid groups is 1. The predicted molar refractivity (Wildman–Crippen MR) is 300 cm³/mol. The quantitative estimate of drug-likeness (QED) is 0.0205. The van der Waals surface area contributed by atoms with Crippen molar-refractivity contribution in [2.45, 2.75) is 245 Å². The molecule has 10 heteroatoms. The molecular formula is C60H108N2O7P+. The first kappa shape index (κ1) is 67.2. The number of carbonyl (C=O) groups is 2. The van der Waals surface area contributed by atoms with Gasteiger partial charge in [0.1, 0.15) is 19.3 Å². The molecule has 0 bridgehead atoms. The lowest BCUT2D eigenvalue weighted by atomic mass is 10.0. The highest BCUT2D eigenvalue weighted by molar-refractivity contribution is 7.47. The van der Waals surface area contributed by atoms with Crippen LogP contribution in [0.25, 0.3) is 0 Å². The summed E-state index contributed by atoms with van der Waals surface area (Å²) in [5.74, 6) is -0.595. The van der Waals surface area contributed by atoms with E-state index in [9.17, 15) is 19.0 Å². The van der Waals surface area contributed by atoms with Gasteiger partial charge in [-0.25, -0.2) is 4.57 Å². The van der Waals surface area contributed by atoms with Crippen LogP contribution in [0.2, 0.25) is 0 Å². The average Bonchev–Trinajstić information content (AvgIpc) is 3.32. The Morgan fingerprint density at radius 1 is 0.514 bits per heavy atom. The lowest BCUT2D eigenvalue weighted by molar-refractivity contribution is -0.870. The number of nitrogens with one attached hydrogen (secondary N) is 1. The second-order valence-corrected chi connectivity index (χ2v) is 21.5. The lowest BCUT2D eigenvalue weighted by Crippen LogP contribution is -2.47. The van der Waals surface area contributed by atoms with E-state index >= 15 is 0 Å². The van der Waals surface area contributed by atoms with E-state index in [4.69, 9.17) is 13.8 Å². The van der Waals surface area contributed by atoms with Gasteiger partial charge >= 0.3 is 13.8 Å². The van der Waals surface area contributed by atoms with Crippen molar-refractivity contribution < 1.29 is 37.3 Å².